The Morgan fingerprint density at radius 1 is 1.35 bits per heavy atom. The Morgan fingerprint density at radius 2 is 2.12 bits per heavy atom. The minimum absolute atomic E-state index is 0.103. The second-order valence-corrected chi connectivity index (χ2v) is 5.75. The summed E-state index contributed by atoms with van der Waals surface area (Å²) in [5.41, 5.74) is 7.00. The lowest BCUT2D eigenvalue weighted by Gasteiger charge is -2.06. The first-order chi connectivity index (χ1) is 8.06. The molecule has 1 aromatic carbocycles. The minimum Gasteiger partial charge on any atom is -0.399 e. The van der Waals surface area contributed by atoms with E-state index in [0.29, 0.717) is 10.6 Å². The second kappa shape index (κ2) is 4.89. The molecular weight excluding hydrogens is 300 g/mol. The average molecular weight is 311 g/mol. The summed E-state index contributed by atoms with van der Waals surface area (Å²) in [4.78, 5) is 13.7. The van der Waals surface area contributed by atoms with Crippen LogP contribution in [0.2, 0.25) is 0 Å². The van der Waals surface area contributed by atoms with Crippen LogP contribution in [0.3, 0.4) is 0 Å². The number of anilines is 2. The number of rotatable bonds is 2. The third-order valence-corrected chi connectivity index (χ3v) is 3.86. The molecule has 0 saturated heterocycles. The maximum absolute atomic E-state index is 11.9. The van der Waals surface area contributed by atoms with Gasteiger partial charge in [-0.3, -0.25) is 4.79 Å². The lowest BCUT2D eigenvalue weighted by atomic mass is 10.3. The Morgan fingerprint density at radius 3 is 2.71 bits per heavy atom. The summed E-state index contributed by atoms with van der Waals surface area (Å²) in [5.74, 6) is -0.103. The Labute approximate surface area is 112 Å². The van der Waals surface area contributed by atoms with Gasteiger partial charge in [0, 0.05) is 15.0 Å². The SMILES string of the molecule is Cc1ccc(C(=O)Nc2ccc(N)cc2Br)s1. The van der Waals surface area contributed by atoms with Crippen molar-refractivity contribution in [3.05, 3.63) is 44.6 Å². The normalized spacial score (nSPS) is 10.2. The molecule has 0 aliphatic rings. The van der Waals surface area contributed by atoms with Crippen LogP contribution in [-0.4, -0.2) is 5.91 Å². The Hall–Kier alpha value is -1.33. The van der Waals surface area contributed by atoms with Crippen molar-refractivity contribution >= 4 is 44.5 Å². The van der Waals surface area contributed by atoms with Gasteiger partial charge in [0.1, 0.15) is 0 Å². The molecule has 0 aliphatic heterocycles. The van der Waals surface area contributed by atoms with E-state index in [0.717, 1.165) is 15.0 Å². The first kappa shape index (κ1) is 12.1. The highest BCUT2D eigenvalue weighted by Crippen LogP contribution is 2.26. The molecule has 0 radical (unpaired) electrons. The number of carbonyl (C=O) groups is 1. The first-order valence-electron chi connectivity index (χ1n) is 4.99. The molecule has 17 heavy (non-hydrogen) atoms. The van der Waals surface area contributed by atoms with Gasteiger partial charge in [-0.05, 0) is 53.2 Å². The van der Waals surface area contributed by atoms with Crippen LogP contribution < -0.4 is 11.1 Å². The van der Waals surface area contributed by atoms with Gasteiger partial charge in [-0.25, -0.2) is 0 Å². The summed E-state index contributed by atoms with van der Waals surface area (Å²) < 4.78 is 0.777. The molecule has 3 nitrogen and oxygen atoms in total. The molecule has 0 unspecified atom stereocenters. The van der Waals surface area contributed by atoms with Crippen molar-refractivity contribution < 1.29 is 4.79 Å². The van der Waals surface area contributed by atoms with E-state index in [1.54, 1.807) is 18.2 Å². The number of nitrogens with one attached hydrogen (secondary N) is 1. The number of nitrogen functional groups attached to an aromatic ring is 1. The number of amides is 1. The third-order valence-electron chi connectivity index (χ3n) is 2.21. The quantitative estimate of drug-likeness (QED) is 0.832. The summed E-state index contributed by atoms with van der Waals surface area (Å²) in [7, 11) is 0. The van der Waals surface area contributed by atoms with Crippen LogP contribution in [0.25, 0.3) is 0 Å². The highest BCUT2D eigenvalue weighted by molar-refractivity contribution is 9.10. The number of aryl methyl sites for hydroxylation is 1. The predicted molar refractivity (Wildman–Crippen MR) is 75.6 cm³/mol. The molecule has 0 saturated carbocycles. The van der Waals surface area contributed by atoms with E-state index in [1.165, 1.54) is 11.3 Å². The fraction of sp³-hybridized carbons (Fsp3) is 0.0833. The average Bonchev–Trinajstić information content (AvgIpc) is 2.69. The van der Waals surface area contributed by atoms with Crippen LogP contribution in [0, 0.1) is 6.92 Å². The van der Waals surface area contributed by atoms with E-state index < -0.39 is 0 Å². The van der Waals surface area contributed by atoms with Crippen molar-refractivity contribution in [3.63, 3.8) is 0 Å². The molecule has 0 aliphatic carbocycles. The number of carbonyl (C=O) groups excluding carboxylic acids is 1. The molecule has 2 rings (SSSR count). The van der Waals surface area contributed by atoms with Crippen molar-refractivity contribution in [1.29, 1.82) is 0 Å². The highest BCUT2D eigenvalue weighted by atomic mass is 79.9. The first-order valence-corrected chi connectivity index (χ1v) is 6.60. The van der Waals surface area contributed by atoms with Crippen molar-refractivity contribution in [2.75, 3.05) is 11.1 Å². The van der Waals surface area contributed by atoms with E-state index >= 15 is 0 Å². The van der Waals surface area contributed by atoms with Gasteiger partial charge >= 0.3 is 0 Å². The van der Waals surface area contributed by atoms with Crippen LogP contribution in [0.15, 0.2) is 34.8 Å². The molecule has 1 heterocycles. The Kier molecular flexibility index (Phi) is 3.49. The molecule has 0 bridgehead atoms. The number of nitrogens with two attached hydrogens (primary N) is 1. The van der Waals surface area contributed by atoms with Crippen molar-refractivity contribution in [2.24, 2.45) is 0 Å². The van der Waals surface area contributed by atoms with Crippen molar-refractivity contribution in [1.82, 2.24) is 0 Å². The lowest BCUT2D eigenvalue weighted by Crippen LogP contribution is -2.10. The molecule has 5 heteroatoms. The third kappa shape index (κ3) is 2.87. The van der Waals surface area contributed by atoms with Gasteiger partial charge in [0.05, 0.1) is 10.6 Å². The van der Waals surface area contributed by atoms with Crippen molar-refractivity contribution in [3.8, 4) is 0 Å². The smallest absolute Gasteiger partial charge is 0.265 e. The number of halogens is 1. The molecule has 88 valence electrons. The fourth-order valence-electron chi connectivity index (χ4n) is 1.37. The van der Waals surface area contributed by atoms with E-state index in [4.69, 9.17) is 5.73 Å². The summed E-state index contributed by atoms with van der Waals surface area (Å²) in [6.45, 7) is 1.97. The molecule has 3 N–H and O–H groups in total. The van der Waals surface area contributed by atoms with Gasteiger partial charge in [-0.2, -0.15) is 0 Å². The summed E-state index contributed by atoms with van der Waals surface area (Å²) in [6, 6.07) is 9.03. The number of thiophene rings is 1. The largest absolute Gasteiger partial charge is 0.399 e. The number of benzene rings is 1. The molecule has 0 atom stereocenters. The molecule has 0 fully saturated rings. The summed E-state index contributed by atoms with van der Waals surface area (Å²) in [5, 5.41) is 2.84. The number of hydrogen-bond donors (Lipinski definition) is 2. The molecule has 1 aromatic heterocycles. The maximum atomic E-state index is 11.9. The zero-order valence-corrected chi connectivity index (χ0v) is 11.6. The van der Waals surface area contributed by atoms with E-state index in [9.17, 15) is 4.79 Å². The van der Waals surface area contributed by atoms with E-state index in [-0.39, 0.29) is 5.91 Å². The molecule has 1 amide bonds. The molecule has 2 aromatic rings. The minimum atomic E-state index is -0.103. The van der Waals surface area contributed by atoms with Gasteiger partial charge in [0.15, 0.2) is 0 Å². The lowest BCUT2D eigenvalue weighted by molar-refractivity contribution is 0.103. The van der Waals surface area contributed by atoms with Crippen LogP contribution in [-0.2, 0) is 0 Å². The highest BCUT2D eigenvalue weighted by Gasteiger charge is 2.10. The summed E-state index contributed by atoms with van der Waals surface area (Å²) in [6.07, 6.45) is 0. The monoisotopic (exact) mass is 310 g/mol. The zero-order chi connectivity index (χ0) is 12.4. The maximum Gasteiger partial charge on any atom is 0.265 e. The van der Waals surface area contributed by atoms with Crippen LogP contribution in [0.5, 0.6) is 0 Å². The van der Waals surface area contributed by atoms with Crippen LogP contribution in [0.1, 0.15) is 14.5 Å². The van der Waals surface area contributed by atoms with Gasteiger partial charge in [-0.1, -0.05) is 0 Å². The zero-order valence-electron chi connectivity index (χ0n) is 9.16. The van der Waals surface area contributed by atoms with Gasteiger partial charge in [0.25, 0.3) is 5.91 Å². The Bertz CT molecular complexity index is 565. The van der Waals surface area contributed by atoms with Crippen LogP contribution in [0.4, 0.5) is 11.4 Å². The number of hydrogen-bond acceptors (Lipinski definition) is 3. The van der Waals surface area contributed by atoms with Crippen LogP contribution >= 0.6 is 27.3 Å². The summed E-state index contributed by atoms with van der Waals surface area (Å²) >= 11 is 4.83. The molecule has 0 spiro atoms. The Balaban J connectivity index is 2.18. The van der Waals surface area contributed by atoms with Crippen molar-refractivity contribution in [2.45, 2.75) is 6.92 Å². The fourth-order valence-corrected chi connectivity index (χ4v) is 2.63. The second-order valence-electron chi connectivity index (χ2n) is 3.60. The topological polar surface area (TPSA) is 55.1 Å². The molecular formula is C12H11BrN2OS. The predicted octanol–water partition coefficient (Wildman–Crippen LogP) is 3.65. The van der Waals surface area contributed by atoms with Gasteiger partial charge in [0.2, 0.25) is 0 Å². The van der Waals surface area contributed by atoms with E-state index in [1.807, 2.05) is 19.1 Å². The van der Waals surface area contributed by atoms with E-state index in [2.05, 4.69) is 21.2 Å². The van der Waals surface area contributed by atoms with Gasteiger partial charge in [-0.15, -0.1) is 11.3 Å². The standard InChI is InChI=1S/C12H11BrN2OS/c1-7-2-5-11(17-7)12(16)15-10-4-3-8(14)6-9(10)13/h2-6H,14H2,1H3,(H,15,16). The van der Waals surface area contributed by atoms with Gasteiger partial charge < -0.3 is 11.1 Å².